The largest absolute Gasteiger partial charge is 0.496 e. The van der Waals surface area contributed by atoms with Crippen LogP contribution in [0, 0.1) is 0 Å². The molecule has 2 aliphatic rings. The lowest BCUT2D eigenvalue weighted by atomic mass is 9.82. The van der Waals surface area contributed by atoms with Crippen molar-refractivity contribution in [1.29, 1.82) is 0 Å². The third kappa shape index (κ3) is 5.28. The highest BCUT2D eigenvalue weighted by atomic mass is 32.2. The average molecular weight is 381 g/mol. The van der Waals surface area contributed by atoms with Crippen molar-refractivity contribution in [1.82, 2.24) is 10.0 Å². The fourth-order valence-corrected chi connectivity index (χ4v) is 4.97. The highest BCUT2D eigenvalue weighted by Crippen LogP contribution is 2.38. The molecular weight excluding hydrogens is 348 g/mol. The maximum Gasteiger partial charge on any atom is 0.122 e. The van der Waals surface area contributed by atoms with E-state index in [-0.39, 0.29) is 12.1 Å². The van der Waals surface area contributed by atoms with Crippen molar-refractivity contribution < 1.29 is 13.7 Å². The molecule has 1 heterocycles. The minimum absolute atomic E-state index is 0.236. The van der Waals surface area contributed by atoms with Gasteiger partial charge in [0.05, 0.1) is 30.8 Å². The Morgan fingerprint density at radius 2 is 1.96 bits per heavy atom. The Bertz CT molecular complexity index is 590. The number of piperidine rings is 1. The summed E-state index contributed by atoms with van der Waals surface area (Å²) in [5.74, 6) is 1.57. The van der Waals surface area contributed by atoms with Crippen LogP contribution < -0.4 is 14.8 Å². The molecule has 1 aliphatic heterocycles. The number of para-hydroxylation sites is 1. The van der Waals surface area contributed by atoms with Crippen LogP contribution in [-0.4, -0.2) is 48.9 Å². The fourth-order valence-electron chi connectivity index (χ4n) is 4.27. The molecule has 1 aromatic carbocycles. The predicted molar refractivity (Wildman–Crippen MR) is 106 cm³/mol. The first kappa shape index (κ1) is 19.8. The number of benzene rings is 1. The van der Waals surface area contributed by atoms with Crippen LogP contribution in [-0.2, 0) is 15.7 Å². The van der Waals surface area contributed by atoms with E-state index in [4.69, 9.17) is 9.47 Å². The highest BCUT2D eigenvalue weighted by molar-refractivity contribution is 7.82. The van der Waals surface area contributed by atoms with Gasteiger partial charge in [-0.15, -0.1) is 0 Å². The van der Waals surface area contributed by atoms with Gasteiger partial charge in [0.2, 0.25) is 0 Å². The molecular formula is C20H32N2O3S. The zero-order valence-corrected chi connectivity index (χ0v) is 16.7. The topological polar surface area (TPSA) is 59.6 Å². The van der Waals surface area contributed by atoms with Gasteiger partial charge in [0.1, 0.15) is 5.75 Å². The summed E-state index contributed by atoms with van der Waals surface area (Å²) < 4.78 is 26.5. The fraction of sp³-hybridized carbons (Fsp3) is 0.700. The van der Waals surface area contributed by atoms with Gasteiger partial charge < -0.3 is 14.8 Å². The minimum atomic E-state index is -0.979. The molecule has 3 atom stereocenters. The summed E-state index contributed by atoms with van der Waals surface area (Å²) in [7, 11) is 0.770. The van der Waals surface area contributed by atoms with Gasteiger partial charge >= 0.3 is 0 Å². The second kappa shape index (κ2) is 9.83. The summed E-state index contributed by atoms with van der Waals surface area (Å²) in [4.78, 5) is 0. The van der Waals surface area contributed by atoms with Crippen LogP contribution in [0.5, 0.6) is 5.75 Å². The molecule has 1 saturated heterocycles. The molecule has 1 saturated carbocycles. The first-order chi connectivity index (χ1) is 12.7. The van der Waals surface area contributed by atoms with Crippen molar-refractivity contribution in [3.05, 3.63) is 29.8 Å². The summed E-state index contributed by atoms with van der Waals surface area (Å²) >= 11 is 0. The van der Waals surface area contributed by atoms with E-state index < -0.39 is 11.0 Å². The van der Waals surface area contributed by atoms with Crippen molar-refractivity contribution in [2.75, 3.05) is 26.5 Å². The van der Waals surface area contributed by atoms with E-state index in [0.29, 0.717) is 18.6 Å². The van der Waals surface area contributed by atoms with Crippen molar-refractivity contribution in [3.63, 3.8) is 0 Å². The molecule has 3 rings (SSSR count). The van der Waals surface area contributed by atoms with Gasteiger partial charge in [-0.3, -0.25) is 0 Å². The Morgan fingerprint density at radius 3 is 2.69 bits per heavy atom. The van der Waals surface area contributed by atoms with E-state index >= 15 is 0 Å². The van der Waals surface area contributed by atoms with Crippen LogP contribution in [0.2, 0.25) is 0 Å². The number of hydrogen-bond acceptors (Lipinski definition) is 4. The Labute approximate surface area is 159 Å². The third-order valence-electron chi connectivity index (χ3n) is 5.67. The summed E-state index contributed by atoms with van der Waals surface area (Å²) in [5.41, 5.74) is 1.33. The lowest BCUT2D eigenvalue weighted by molar-refractivity contribution is 0.00520. The SMILES string of the molecule is COc1ccccc1C1CCC(OC[C@@H]2NCCC[C@@H]2NS(C)=O)CC1. The highest BCUT2D eigenvalue weighted by Gasteiger charge is 2.29. The summed E-state index contributed by atoms with van der Waals surface area (Å²) in [6.45, 7) is 1.71. The summed E-state index contributed by atoms with van der Waals surface area (Å²) in [5, 5.41) is 3.53. The second-order valence-electron chi connectivity index (χ2n) is 7.43. The van der Waals surface area contributed by atoms with Gasteiger partial charge in [-0.05, 0) is 62.6 Å². The van der Waals surface area contributed by atoms with Gasteiger partial charge in [-0.1, -0.05) is 18.2 Å². The number of hydrogen-bond donors (Lipinski definition) is 2. The zero-order chi connectivity index (χ0) is 18.4. The van der Waals surface area contributed by atoms with Crippen LogP contribution in [0.25, 0.3) is 0 Å². The van der Waals surface area contributed by atoms with Gasteiger partial charge in [0.15, 0.2) is 0 Å². The van der Waals surface area contributed by atoms with E-state index in [9.17, 15) is 4.21 Å². The van der Waals surface area contributed by atoms with Gasteiger partial charge in [0.25, 0.3) is 0 Å². The minimum Gasteiger partial charge on any atom is -0.496 e. The number of rotatable bonds is 7. The van der Waals surface area contributed by atoms with Crippen molar-refractivity contribution >= 4 is 11.0 Å². The van der Waals surface area contributed by atoms with E-state index in [1.54, 1.807) is 13.4 Å². The number of ether oxygens (including phenoxy) is 2. The number of methoxy groups -OCH3 is 1. The predicted octanol–water partition coefficient (Wildman–Crippen LogP) is 2.74. The van der Waals surface area contributed by atoms with E-state index in [2.05, 4.69) is 28.2 Å². The molecule has 0 amide bonds. The average Bonchev–Trinajstić information content (AvgIpc) is 2.67. The van der Waals surface area contributed by atoms with Gasteiger partial charge in [-0.2, -0.15) is 0 Å². The lowest BCUT2D eigenvalue weighted by Gasteiger charge is -2.35. The van der Waals surface area contributed by atoms with Gasteiger partial charge in [0, 0.05) is 18.3 Å². The molecule has 6 heteroatoms. The maximum absolute atomic E-state index is 11.5. The first-order valence-electron chi connectivity index (χ1n) is 9.75. The van der Waals surface area contributed by atoms with Crippen molar-refractivity contribution in [2.45, 2.75) is 62.6 Å². The molecule has 1 aliphatic carbocycles. The molecule has 0 aromatic heterocycles. The smallest absolute Gasteiger partial charge is 0.122 e. The Kier molecular flexibility index (Phi) is 7.49. The summed E-state index contributed by atoms with van der Waals surface area (Å²) in [6, 6.07) is 8.86. The van der Waals surface area contributed by atoms with Crippen LogP contribution in [0.1, 0.15) is 50.0 Å². The zero-order valence-electron chi connectivity index (χ0n) is 15.9. The Hall–Kier alpha value is -0.950. The molecule has 0 bridgehead atoms. The van der Waals surface area contributed by atoms with Gasteiger partial charge in [-0.25, -0.2) is 8.93 Å². The number of nitrogens with one attached hydrogen (secondary N) is 2. The van der Waals surface area contributed by atoms with Crippen LogP contribution in [0.15, 0.2) is 24.3 Å². The van der Waals surface area contributed by atoms with E-state index in [1.165, 1.54) is 5.56 Å². The lowest BCUT2D eigenvalue weighted by Crippen LogP contribution is -2.54. The summed E-state index contributed by atoms with van der Waals surface area (Å²) in [6.07, 6.45) is 8.67. The van der Waals surface area contributed by atoms with E-state index in [1.807, 2.05) is 6.07 Å². The molecule has 146 valence electrons. The molecule has 0 radical (unpaired) electrons. The van der Waals surface area contributed by atoms with Crippen LogP contribution >= 0.6 is 0 Å². The quantitative estimate of drug-likeness (QED) is 0.764. The molecule has 0 spiro atoms. The molecule has 26 heavy (non-hydrogen) atoms. The monoisotopic (exact) mass is 380 g/mol. The molecule has 1 unspecified atom stereocenters. The third-order valence-corrected chi connectivity index (χ3v) is 6.30. The molecule has 2 fully saturated rings. The van der Waals surface area contributed by atoms with Crippen molar-refractivity contribution in [3.8, 4) is 5.75 Å². The Morgan fingerprint density at radius 1 is 1.19 bits per heavy atom. The Balaban J connectivity index is 1.47. The van der Waals surface area contributed by atoms with Crippen LogP contribution in [0.4, 0.5) is 0 Å². The maximum atomic E-state index is 11.5. The molecule has 2 N–H and O–H groups in total. The first-order valence-corrected chi connectivity index (χ1v) is 11.3. The van der Waals surface area contributed by atoms with Crippen molar-refractivity contribution in [2.24, 2.45) is 0 Å². The normalized spacial score (nSPS) is 30.7. The van der Waals surface area contributed by atoms with E-state index in [0.717, 1.165) is 50.8 Å². The second-order valence-corrected chi connectivity index (χ2v) is 8.57. The van der Waals surface area contributed by atoms with Crippen LogP contribution in [0.3, 0.4) is 0 Å². The molecule has 5 nitrogen and oxygen atoms in total. The molecule has 1 aromatic rings. The standard InChI is InChI=1S/C20H32N2O3S/c1-24-20-8-4-3-6-17(20)15-9-11-16(12-10-15)25-14-19-18(22-26(2)23)7-5-13-21-19/h3-4,6,8,15-16,18-19,21-22H,5,7,9-14H2,1-2H3/t15?,16?,18-,19-,26?/m0/s1.